The molecule has 2 aromatic heterocycles. The molecule has 2 unspecified atom stereocenters. The highest BCUT2D eigenvalue weighted by Gasteiger charge is 2.32. The lowest BCUT2D eigenvalue weighted by Gasteiger charge is -2.31. The highest BCUT2D eigenvalue weighted by molar-refractivity contribution is 5.95. The van der Waals surface area contributed by atoms with Gasteiger partial charge in [-0.2, -0.15) is 0 Å². The molecule has 1 saturated carbocycles. The molecule has 188 valence electrons. The van der Waals surface area contributed by atoms with Crippen molar-refractivity contribution in [3.05, 3.63) is 59.9 Å². The average molecular weight is 492 g/mol. The summed E-state index contributed by atoms with van der Waals surface area (Å²) >= 11 is 0. The largest absolute Gasteiger partial charge is 0.550 e. The van der Waals surface area contributed by atoms with Gasteiger partial charge in [0.25, 0.3) is 0 Å². The predicted octanol–water partition coefficient (Wildman–Crippen LogP) is 3.85. The van der Waals surface area contributed by atoms with E-state index in [0.717, 1.165) is 18.4 Å². The second-order valence-corrected chi connectivity index (χ2v) is 8.79. The van der Waals surface area contributed by atoms with E-state index < -0.39 is 30.0 Å². The van der Waals surface area contributed by atoms with Crippen LogP contribution in [0.4, 0.5) is 16.2 Å². The summed E-state index contributed by atoms with van der Waals surface area (Å²) in [4.78, 5) is 40.9. The summed E-state index contributed by atoms with van der Waals surface area (Å²) in [5, 5.41) is 20.7. The Labute approximate surface area is 208 Å². The molecule has 4 rings (SSSR count). The highest BCUT2D eigenvalue weighted by atomic mass is 16.6. The summed E-state index contributed by atoms with van der Waals surface area (Å²) in [6.45, 7) is 3.45. The van der Waals surface area contributed by atoms with Crippen molar-refractivity contribution in [1.82, 2.24) is 10.1 Å². The van der Waals surface area contributed by atoms with Crippen LogP contribution in [0.2, 0.25) is 0 Å². The van der Waals surface area contributed by atoms with Gasteiger partial charge in [0.15, 0.2) is 0 Å². The molecule has 2 amide bonds. The van der Waals surface area contributed by atoms with Gasteiger partial charge >= 0.3 is 6.09 Å². The second-order valence-electron chi connectivity index (χ2n) is 8.79. The number of amides is 2. The molecule has 10 heteroatoms. The topological polar surface area (TPSA) is 146 Å². The summed E-state index contributed by atoms with van der Waals surface area (Å²) in [5.41, 5.74) is 2.41. The number of anilines is 2. The van der Waals surface area contributed by atoms with Gasteiger partial charge in [0, 0.05) is 17.8 Å². The number of hydrogen-bond acceptors (Lipinski definition) is 8. The Morgan fingerprint density at radius 3 is 2.44 bits per heavy atom. The average Bonchev–Trinajstić information content (AvgIpc) is 3.24. The molecule has 0 spiro atoms. The molecule has 1 fully saturated rings. The molecule has 36 heavy (non-hydrogen) atoms. The molecule has 1 aromatic carbocycles. The maximum Gasteiger partial charge on any atom is 0.412 e. The van der Waals surface area contributed by atoms with E-state index in [1.165, 1.54) is 6.20 Å². The Kier molecular flexibility index (Phi) is 7.62. The van der Waals surface area contributed by atoms with E-state index in [1.807, 2.05) is 30.3 Å². The van der Waals surface area contributed by atoms with Gasteiger partial charge in [-0.25, -0.2) is 4.79 Å². The Morgan fingerprint density at radius 2 is 1.78 bits per heavy atom. The second kappa shape index (κ2) is 11.0. The zero-order valence-electron chi connectivity index (χ0n) is 20.0. The first-order valence-electron chi connectivity index (χ1n) is 11.8. The summed E-state index contributed by atoms with van der Waals surface area (Å²) in [7, 11) is 0. The van der Waals surface area contributed by atoms with Crippen LogP contribution in [0.5, 0.6) is 0 Å². The minimum Gasteiger partial charge on any atom is -0.550 e. The first-order valence-corrected chi connectivity index (χ1v) is 11.8. The van der Waals surface area contributed by atoms with E-state index in [2.05, 4.69) is 20.8 Å². The Bertz CT molecular complexity index is 1220. The third-order valence-corrected chi connectivity index (χ3v) is 6.31. The van der Waals surface area contributed by atoms with Crippen molar-refractivity contribution in [2.45, 2.75) is 45.6 Å². The van der Waals surface area contributed by atoms with Crippen LogP contribution in [-0.2, 0) is 14.3 Å². The maximum absolute atomic E-state index is 12.7. The summed E-state index contributed by atoms with van der Waals surface area (Å²) in [5.74, 6) is -2.76. The summed E-state index contributed by atoms with van der Waals surface area (Å²) in [6.07, 6.45) is 2.80. The third kappa shape index (κ3) is 5.70. The van der Waals surface area contributed by atoms with E-state index in [4.69, 9.17) is 9.26 Å². The van der Waals surface area contributed by atoms with Crippen molar-refractivity contribution >= 4 is 29.3 Å². The number of rotatable bonds is 7. The third-order valence-electron chi connectivity index (χ3n) is 6.31. The van der Waals surface area contributed by atoms with Gasteiger partial charge in [-0.15, -0.1) is 0 Å². The minimum absolute atomic E-state index is 0.235. The number of hydrogen-bond donors (Lipinski definition) is 2. The summed E-state index contributed by atoms with van der Waals surface area (Å²) < 4.78 is 10.9. The number of carboxylic acids is 1. The molecule has 3 aromatic rings. The van der Waals surface area contributed by atoms with Gasteiger partial charge in [0.05, 0.1) is 11.9 Å². The van der Waals surface area contributed by atoms with Crippen LogP contribution in [-0.4, -0.2) is 28.1 Å². The van der Waals surface area contributed by atoms with Gasteiger partial charge in [-0.1, -0.05) is 48.3 Å². The van der Waals surface area contributed by atoms with Crippen molar-refractivity contribution in [3.63, 3.8) is 0 Å². The van der Waals surface area contributed by atoms with Gasteiger partial charge in [-0.3, -0.25) is 15.1 Å². The normalized spacial score (nSPS) is 18.2. The standard InChI is InChI=1S/C26H28N4O6/c1-15-22(29-26(34)35-16(2)17-8-4-3-5-9-17)23(36-30-15)21-13-12-18(14-27-21)28-24(31)19-10-6-7-11-20(19)25(32)33/h3-5,8-9,12-14,16,19-20H,6-7,10-11H2,1-2H3,(H,28,31)(H,29,34)(H,32,33)/p-1/t16-,19?,20?/m1/s1. The van der Waals surface area contributed by atoms with Crippen LogP contribution in [0, 0.1) is 18.8 Å². The Balaban J connectivity index is 1.42. The van der Waals surface area contributed by atoms with Crippen LogP contribution in [0.3, 0.4) is 0 Å². The van der Waals surface area contributed by atoms with Crippen LogP contribution in [0.25, 0.3) is 11.5 Å². The van der Waals surface area contributed by atoms with Crippen LogP contribution in [0.15, 0.2) is 53.2 Å². The number of benzene rings is 1. The first-order chi connectivity index (χ1) is 17.3. The lowest BCUT2D eigenvalue weighted by atomic mass is 9.78. The number of aliphatic carboxylic acids is 1. The fourth-order valence-corrected chi connectivity index (χ4v) is 4.34. The van der Waals surface area contributed by atoms with Crippen molar-refractivity contribution in [1.29, 1.82) is 0 Å². The lowest BCUT2D eigenvalue weighted by Crippen LogP contribution is -2.42. The van der Waals surface area contributed by atoms with Crippen molar-refractivity contribution in [3.8, 4) is 11.5 Å². The van der Waals surface area contributed by atoms with Gasteiger partial charge in [-0.05, 0) is 44.4 Å². The maximum atomic E-state index is 12.7. The number of nitrogens with zero attached hydrogens (tertiary/aromatic N) is 2. The Morgan fingerprint density at radius 1 is 1.06 bits per heavy atom. The fraction of sp³-hybridized carbons (Fsp3) is 0.346. The van der Waals surface area contributed by atoms with Gasteiger partial charge in [0.1, 0.15) is 23.2 Å². The SMILES string of the molecule is Cc1noc(-c2ccc(NC(=O)C3CCCCC3C(=O)[O-])cn2)c1NC(=O)O[C@H](C)c1ccccc1. The zero-order chi connectivity index (χ0) is 25.7. The first kappa shape index (κ1) is 24.9. The number of carbonyl (C=O) groups excluding carboxylic acids is 3. The number of carboxylic acid groups (broad SMARTS) is 1. The van der Waals surface area contributed by atoms with Crippen molar-refractivity contribution in [2.24, 2.45) is 11.8 Å². The van der Waals surface area contributed by atoms with E-state index in [-0.39, 0.29) is 11.7 Å². The van der Waals surface area contributed by atoms with E-state index >= 15 is 0 Å². The number of nitrogens with one attached hydrogen (secondary N) is 2. The van der Waals surface area contributed by atoms with Gasteiger partial charge in [0.2, 0.25) is 11.7 Å². The summed E-state index contributed by atoms with van der Waals surface area (Å²) in [6, 6.07) is 12.6. The molecule has 3 atom stereocenters. The van der Waals surface area contributed by atoms with E-state index in [0.29, 0.717) is 35.6 Å². The predicted molar refractivity (Wildman–Crippen MR) is 129 cm³/mol. The number of ether oxygens (including phenoxy) is 1. The van der Waals surface area contributed by atoms with Crippen LogP contribution < -0.4 is 15.7 Å². The molecular formula is C26H27N4O6-. The highest BCUT2D eigenvalue weighted by Crippen LogP contribution is 2.32. The molecule has 1 aliphatic carbocycles. The molecule has 0 saturated heterocycles. The lowest BCUT2D eigenvalue weighted by molar-refractivity contribution is -0.313. The smallest absolute Gasteiger partial charge is 0.412 e. The minimum atomic E-state index is -1.19. The number of aryl methyl sites for hydroxylation is 1. The monoisotopic (exact) mass is 491 g/mol. The molecule has 0 bridgehead atoms. The molecule has 2 heterocycles. The molecule has 10 nitrogen and oxygen atoms in total. The molecule has 0 radical (unpaired) electrons. The van der Waals surface area contributed by atoms with Gasteiger partial charge < -0.3 is 24.5 Å². The fourth-order valence-electron chi connectivity index (χ4n) is 4.34. The van der Waals surface area contributed by atoms with Crippen LogP contribution in [0.1, 0.15) is 50.0 Å². The number of aromatic nitrogens is 2. The number of pyridine rings is 1. The van der Waals surface area contributed by atoms with Crippen molar-refractivity contribution < 1.29 is 28.8 Å². The Hall–Kier alpha value is -4.21. The molecule has 1 aliphatic rings. The van der Waals surface area contributed by atoms with Crippen molar-refractivity contribution in [2.75, 3.05) is 10.6 Å². The molecule has 2 N–H and O–H groups in total. The number of carbonyl (C=O) groups is 3. The van der Waals surface area contributed by atoms with Crippen LogP contribution >= 0.6 is 0 Å². The molecule has 0 aliphatic heterocycles. The molecular weight excluding hydrogens is 464 g/mol. The van der Waals surface area contributed by atoms with E-state index in [9.17, 15) is 19.5 Å². The zero-order valence-corrected chi connectivity index (χ0v) is 20.0. The quantitative estimate of drug-likeness (QED) is 0.507. The van der Waals surface area contributed by atoms with E-state index in [1.54, 1.807) is 26.0 Å².